The zero-order chi connectivity index (χ0) is 17.1. The molecule has 0 spiro atoms. The molecule has 1 aromatic heterocycles. The molecular weight excluding hydrogens is 328 g/mol. The highest BCUT2D eigenvalue weighted by atomic mass is 35.5. The van der Waals surface area contributed by atoms with E-state index in [1.54, 1.807) is 4.90 Å². The van der Waals surface area contributed by atoms with E-state index in [4.69, 9.17) is 16.0 Å². The van der Waals surface area contributed by atoms with Gasteiger partial charge in [0, 0.05) is 30.5 Å². The minimum Gasteiger partial charge on any atom is -0.452 e. The number of likely N-dealkylation sites (tertiary alicyclic amines) is 1. The molecule has 2 aliphatic carbocycles. The minimum atomic E-state index is -0.150. The first-order chi connectivity index (χ1) is 11.4. The molecule has 2 amide bonds. The second-order valence-electron chi connectivity index (χ2n) is 8.16. The summed E-state index contributed by atoms with van der Waals surface area (Å²) in [6, 6.07) is 1.52. The molecule has 24 heavy (non-hydrogen) atoms. The highest BCUT2D eigenvalue weighted by molar-refractivity contribution is 6.29. The summed E-state index contributed by atoms with van der Waals surface area (Å²) in [6.07, 6.45) is 5.05. The van der Waals surface area contributed by atoms with Crippen LogP contribution >= 0.6 is 11.6 Å². The summed E-state index contributed by atoms with van der Waals surface area (Å²) in [5, 5.41) is 3.43. The van der Waals surface area contributed by atoms with Gasteiger partial charge >= 0.3 is 0 Å². The quantitative estimate of drug-likeness (QED) is 0.911. The fourth-order valence-electron chi connectivity index (χ4n) is 4.61. The van der Waals surface area contributed by atoms with Gasteiger partial charge in [0.1, 0.15) is 6.26 Å². The number of hydrogen-bond donors (Lipinski definition) is 1. The predicted molar refractivity (Wildman–Crippen MR) is 89.7 cm³/mol. The van der Waals surface area contributed by atoms with E-state index in [0.717, 1.165) is 0 Å². The molecule has 2 saturated carbocycles. The van der Waals surface area contributed by atoms with Gasteiger partial charge in [-0.05, 0) is 36.3 Å². The van der Waals surface area contributed by atoms with Gasteiger partial charge < -0.3 is 14.6 Å². The molecule has 3 unspecified atom stereocenters. The molecule has 130 valence electrons. The number of carbonyl (C=O) groups excluding carboxylic acids is 2. The van der Waals surface area contributed by atoms with Crippen molar-refractivity contribution in [2.45, 2.75) is 39.2 Å². The maximum Gasteiger partial charge on any atom is 0.257 e. The Bertz CT molecular complexity index is 674. The SMILES string of the molecule is CC1(C)CN(C(=O)c2coc(Cl)c2)CC1NC(=O)C1C2CCCC21. The molecule has 1 aromatic rings. The van der Waals surface area contributed by atoms with Crippen molar-refractivity contribution in [1.29, 1.82) is 0 Å². The van der Waals surface area contributed by atoms with Crippen LogP contribution in [0.15, 0.2) is 16.7 Å². The molecule has 3 atom stereocenters. The summed E-state index contributed by atoms with van der Waals surface area (Å²) in [4.78, 5) is 26.9. The first-order valence-corrected chi connectivity index (χ1v) is 9.08. The van der Waals surface area contributed by atoms with Crippen LogP contribution in [0.25, 0.3) is 0 Å². The molecule has 0 aromatic carbocycles. The minimum absolute atomic E-state index is 0.0161. The summed E-state index contributed by atoms with van der Waals surface area (Å²) in [5.41, 5.74) is 0.308. The maximum atomic E-state index is 12.6. The smallest absolute Gasteiger partial charge is 0.257 e. The molecule has 4 rings (SSSR count). The first-order valence-electron chi connectivity index (χ1n) is 8.70. The van der Waals surface area contributed by atoms with E-state index in [2.05, 4.69) is 19.2 Å². The van der Waals surface area contributed by atoms with Gasteiger partial charge in [-0.25, -0.2) is 0 Å². The lowest BCUT2D eigenvalue weighted by Crippen LogP contribution is -2.45. The Kier molecular flexibility index (Phi) is 3.68. The number of halogens is 1. The van der Waals surface area contributed by atoms with Gasteiger partial charge in [0.05, 0.1) is 11.6 Å². The summed E-state index contributed by atoms with van der Waals surface area (Å²) >= 11 is 5.76. The van der Waals surface area contributed by atoms with E-state index >= 15 is 0 Å². The molecule has 3 aliphatic rings. The summed E-state index contributed by atoms with van der Waals surface area (Å²) in [5.74, 6) is 1.52. The number of rotatable bonds is 3. The zero-order valence-electron chi connectivity index (χ0n) is 14.0. The van der Waals surface area contributed by atoms with Gasteiger partial charge in [0.25, 0.3) is 5.91 Å². The molecule has 0 bridgehead atoms. The lowest BCUT2D eigenvalue weighted by atomic mass is 9.87. The van der Waals surface area contributed by atoms with Crippen molar-refractivity contribution in [3.05, 3.63) is 23.1 Å². The number of amides is 2. The molecule has 1 saturated heterocycles. The summed E-state index contributed by atoms with van der Waals surface area (Å²) in [7, 11) is 0. The Hall–Kier alpha value is -1.49. The van der Waals surface area contributed by atoms with Crippen LogP contribution in [-0.4, -0.2) is 35.8 Å². The van der Waals surface area contributed by atoms with Crippen molar-refractivity contribution in [1.82, 2.24) is 10.2 Å². The molecule has 6 heteroatoms. The van der Waals surface area contributed by atoms with Crippen LogP contribution in [0.1, 0.15) is 43.5 Å². The van der Waals surface area contributed by atoms with Crippen molar-refractivity contribution < 1.29 is 14.0 Å². The van der Waals surface area contributed by atoms with Crippen LogP contribution < -0.4 is 5.32 Å². The third kappa shape index (κ3) is 2.63. The monoisotopic (exact) mass is 350 g/mol. The molecule has 0 radical (unpaired) electrons. The Labute approximate surface area is 146 Å². The van der Waals surface area contributed by atoms with Crippen molar-refractivity contribution >= 4 is 23.4 Å². The third-order valence-electron chi connectivity index (χ3n) is 6.07. The fourth-order valence-corrected chi connectivity index (χ4v) is 4.78. The van der Waals surface area contributed by atoms with E-state index in [0.29, 0.717) is 30.5 Å². The van der Waals surface area contributed by atoms with E-state index in [9.17, 15) is 9.59 Å². The molecule has 2 heterocycles. The van der Waals surface area contributed by atoms with Crippen LogP contribution in [0.2, 0.25) is 5.22 Å². The highest BCUT2D eigenvalue weighted by Crippen LogP contribution is 2.57. The van der Waals surface area contributed by atoms with Crippen molar-refractivity contribution in [2.24, 2.45) is 23.2 Å². The topological polar surface area (TPSA) is 62.6 Å². The van der Waals surface area contributed by atoms with E-state index < -0.39 is 0 Å². The highest BCUT2D eigenvalue weighted by Gasteiger charge is 2.57. The standard InChI is InChI=1S/C18H23ClN2O3/c1-18(2)9-21(17(23)10-6-14(19)24-8-10)7-13(18)20-16(22)15-11-4-3-5-12(11)15/h6,8,11-13,15H,3-5,7,9H2,1-2H3,(H,20,22). The van der Waals surface area contributed by atoms with Gasteiger partial charge in [-0.2, -0.15) is 0 Å². The van der Waals surface area contributed by atoms with Crippen LogP contribution in [0.5, 0.6) is 0 Å². The number of nitrogens with zero attached hydrogens (tertiary/aromatic N) is 1. The number of furan rings is 1. The summed E-state index contributed by atoms with van der Waals surface area (Å²) in [6.45, 7) is 5.34. The molecule has 5 nitrogen and oxygen atoms in total. The molecule has 1 N–H and O–H groups in total. The van der Waals surface area contributed by atoms with Crippen LogP contribution in [0.3, 0.4) is 0 Å². The summed E-state index contributed by atoms with van der Waals surface area (Å²) < 4.78 is 5.02. The van der Waals surface area contributed by atoms with Gasteiger partial charge in [0.15, 0.2) is 5.22 Å². The fraction of sp³-hybridized carbons (Fsp3) is 0.667. The maximum absolute atomic E-state index is 12.6. The Morgan fingerprint density at radius 3 is 2.67 bits per heavy atom. The third-order valence-corrected chi connectivity index (χ3v) is 6.27. The molecule has 1 aliphatic heterocycles. The Balaban J connectivity index is 1.41. The lowest BCUT2D eigenvalue weighted by molar-refractivity contribution is -0.124. The Morgan fingerprint density at radius 1 is 1.33 bits per heavy atom. The van der Waals surface area contributed by atoms with Crippen LogP contribution in [0.4, 0.5) is 0 Å². The second kappa shape index (κ2) is 5.51. The van der Waals surface area contributed by atoms with E-state index in [1.807, 2.05) is 0 Å². The van der Waals surface area contributed by atoms with Crippen molar-refractivity contribution in [2.75, 3.05) is 13.1 Å². The average Bonchev–Trinajstić information content (AvgIpc) is 2.91. The molecule has 3 fully saturated rings. The van der Waals surface area contributed by atoms with Crippen LogP contribution in [-0.2, 0) is 4.79 Å². The number of carbonyl (C=O) groups is 2. The van der Waals surface area contributed by atoms with Gasteiger partial charge in [-0.3, -0.25) is 9.59 Å². The lowest BCUT2D eigenvalue weighted by Gasteiger charge is -2.26. The Morgan fingerprint density at radius 2 is 2.04 bits per heavy atom. The number of fused-ring (bicyclic) bond motifs is 1. The van der Waals surface area contributed by atoms with Crippen LogP contribution in [0, 0.1) is 23.2 Å². The normalized spacial score (nSPS) is 33.4. The number of nitrogens with one attached hydrogen (secondary N) is 1. The first kappa shape index (κ1) is 16.0. The van der Waals surface area contributed by atoms with Gasteiger partial charge in [0.2, 0.25) is 5.91 Å². The van der Waals surface area contributed by atoms with Crippen molar-refractivity contribution in [3.8, 4) is 0 Å². The van der Waals surface area contributed by atoms with Crippen molar-refractivity contribution in [3.63, 3.8) is 0 Å². The molecular formula is C18H23ClN2O3. The largest absolute Gasteiger partial charge is 0.452 e. The van der Waals surface area contributed by atoms with E-state index in [-0.39, 0.29) is 34.4 Å². The average molecular weight is 351 g/mol. The van der Waals surface area contributed by atoms with E-state index in [1.165, 1.54) is 31.6 Å². The van der Waals surface area contributed by atoms with Gasteiger partial charge in [-0.15, -0.1) is 0 Å². The predicted octanol–water partition coefficient (Wildman–Crippen LogP) is 2.95. The zero-order valence-corrected chi connectivity index (χ0v) is 14.8. The number of hydrogen-bond acceptors (Lipinski definition) is 3. The second-order valence-corrected chi connectivity index (χ2v) is 8.53. The van der Waals surface area contributed by atoms with Gasteiger partial charge in [-0.1, -0.05) is 20.3 Å².